The molecule has 140 valence electrons. The molecule has 0 aliphatic rings. The Kier molecular flexibility index (Phi) is 6.76. The van der Waals surface area contributed by atoms with Crippen molar-refractivity contribution in [1.29, 1.82) is 0 Å². The highest BCUT2D eigenvalue weighted by molar-refractivity contribution is 6.06. The first-order chi connectivity index (χ1) is 12.1. The van der Waals surface area contributed by atoms with E-state index in [4.69, 9.17) is 8.94 Å². The van der Waals surface area contributed by atoms with E-state index >= 15 is 0 Å². The average Bonchev–Trinajstić information content (AvgIpc) is 3.29. The molecule has 0 spiro atoms. The van der Waals surface area contributed by atoms with Crippen LogP contribution < -0.4 is 10.6 Å². The predicted molar refractivity (Wildman–Crippen MR) is 102 cm³/mol. The fraction of sp³-hybridized carbons (Fsp3) is 0.389. The lowest BCUT2D eigenvalue weighted by atomic mass is 10.1. The highest BCUT2D eigenvalue weighted by Crippen LogP contribution is 2.28. The smallest absolute Gasteiger partial charge is 0.259 e. The zero-order chi connectivity index (χ0) is 17.8. The molecular formula is C18H23ClN4O3. The van der Waals surface area contributed by atoms with Crippen LogP contribution in [0.2, 0.25) is 0 Å². The Morgan fingerprint density at radius 3 is 2.85 bits per heavy atom. The molecule has 1 amide bonds. The lowest BCUT2D eigenvalue weighted by Crippen LogP contribution is -2.37. The van der Waals surface area contributed by atoms with Crippen molar-refractivity contribution in [2.75, 3.05) is 13.6 Å². The van der Waals surface area contributed by atoms with E-state index in [0.717, 1.165) is 18.5 Å². The van der Waals surface area contributed by atoms with Gasteiger partial charge in [0.15, 0.2) is 5.76 Å². The summed E-state index contributed by atoms with van der Waals surface area (Å²) in [6, 6.07) is 5.47. The number of halogens is 1. The second-order valence-electron chi connectivity index (χ2n) is 5.99. The molecular weight excluding hydrogens is 356 g/mol. The Balaban J connectivity index is 0.00000243. The highest BCUT2D eigenvalue weighted by Gasteiger charge is 2.21. The van der Waals surface area contributed by atoms with E-state index in [9.17, 15) is 4.79 Å². The van der Waals surface area contributed by atoms with Gasteiger partial charge in [0.1, 0.15) is 5.69 Å². The number of aromatic nitrogens is 2. The second kappa shape index (κ2) is 8.82. The summed E-state index contributed by atoms with van der Waals surface area (Å²) in [5, 5.41) is 10.8. The van der Waals surface area contributed by atoms with E-state index in [1.807, 2.05) is 14.0 Å². The SMILES string of the molecule is CCCc1noc2nc(-c3ccco3)cc(C(=O)NCC(C)NC)c12.Cl. The van der Waals surface area contributed by atoms with Crippen molar-refractivity contribution >= 4 is 29.4 Å². The molecule has 3 heterocycles. The molecule has 0 aromatic carbocycles. The van der Waals surface area contributed by atoms with Crippen LogP contribution in [-0.4, -0.2) is 35.7 Å². The van der Waals surface area contributed by atoms with Gasteiger partial charge in [0.05, 0.1) is 22.9 Å². The van der Waals surface area contributed by atoms with Gasteiger partial charge in [0.2, 0.25) is 0 Å². The summed E-state index contributed by atoms with van der Waals surface area (Å²) in [6.45, 7) is 4.57. The maximum atomic E-state index is 12.8. The van der Waals surface area contributed by atoms with Crippen molar-refractivity contribution in [3.63, 3.8) is 0 Å². The zero-order valence-corrected chi connectivity index (χ0v) is 15.9. The Morgan fingerprint density at radius 2 is 2.19 bits per heavy atom. The van der Waals surface area contributed by atoms with Gasteiger partial charge >= 0.3 is 0 Å². The van der Waals surface area contributed by atoms with E-state index in [-0.39, 0.29) is 24.4 Å². The van der Waals surface area contributed by atoms with Crippen LogP contribution >= 0.6 is 12.4 Å². The van der Waals surface area contributed by atoms with Gasteiger partial charge in [-0.05, 0) is 38.6 Å². The molecule has 1 atom stereocenters. The maximum Gasteiger partial charge on any atom is 0.259 e. The molecule has 0 aliphatic carbocycles. The lowest BCUT2D eigenvalue weighted by Gasteiger charge is -2.12. The molecule has 7 nitrogen and oxygen atoms in total. The molecule has 2 N–H and O–H groups in total. The van der Waals surface area contributed by atoms with Crippen LogP contribution in [0, 0.1) is 0 Å². The summed E-state index contributed by atoms with van der Waals surface area (Å²) in [6.07, 6.45) is 3.19. The van der Waals surface area contributed by atoms with E-state index in [1.165, 1.54) is 0 Å². The van der Waals surface area contributed by atoms with Crippen molar-refractivity contribution in [2.45, 2.75) is 32.7 Å². The lowest BCUT2D eigenvalue weighted by molar-refractivity contribution is 0.0952. The molecule has 26 heavy (non-hydrogen) atoms. The third-order valence-electron chi connectivity index (χ3n) is 4.08. The highest BCUT2D eigenvalue weighted by atomic mass is 35.5. The minimum absolute atomic E-state index is 0. The second-order valence-corrected chi connectivity index (χ2v) is 5.99. The number of fused-ring (bicyclic) bond motifs is 1. The van der Waals surface area contributed by atoms with E-state index in [2.05, 4.69) is 27.7 Å². The Morgan fingerprint density at radius 1 is 1.38 bits per heavy atom. The van der Waals surface area contributed by atoms with Gasteiger partial charge in [0, 0.05) is 12.6 Å². The number of hydrogen-bond donors (Lipinski definition) is 2. The van der Waals surface area contributed by atoms with Crippen LogP contribution in [0.3, 0.4) is 0 Å². The van der Waals surface area contributed by atoms with Crippen LogP contribution in [0.4, 0.5) is 0 Å². The summed E-state index contributed by atoms with van der Waals surface area (Å²) >= 11 is 0. The Bertz CT molecular complexity index is 861. The van der Waals surface area contributed by atoms with Crippen LogP contribution in [0.1, 0.15) is 36.3 Å². The Hall–Kier alpha value is -2.38. The van der Waals surface area contributed by atoms with Gasteiger partial charge in [-0.2, -0.15) is 0 Å². The van der Waals surface area contributed by atoms with E-state index in [0.29, 0.717) is 34.7 Å². The van der Waals surface area contributed by atoms with Gasteiger partial charge in [-0.3, -0.25) is 4.79 Å². The average molecular weight is 379 g/mol. The number of nitrogens with zero attached hydrogens (tertiary/aromatic N) is 2. The number of carbonyl (C=O) groups excluding carboxylic acids is 1. The molecule has 3 rings (SSSR count). The maximum absolute atomic E-state index is 12.8. The van der Waals surface area contributed by atoms with Crippen molar-refractivity contribution in [3.05, 3.63) is 35.7 Å². The molecule has 0 radical (unpaired) electrons. The molecule has 8 heteroatoms. The van der Waals surface area contributed by atoms with Gasteiger partial charge in [-0.15, -0.1) is 12.4 Å². The number of furan rings is 1. The molecule has 3 aromatic heterocycles. The predicted octanol–water partition coefficient (Wildman–Crippen LogP) is 3.19. The quantitative estimate of drug-likeness (QED) is 0.655. The first-order valence-corrected chi connectivity index (χ1v) is 8.42. The minimum Gasteiger partial charge on any atom is -0.463 e. The van der Waals surface area contributed by atoms with Gasteiger partial charge < -0.3 is 19.6 Å². The number of nitrogens with one attached hydrogen (secondary N) is 2. The summed E-state index contributed by atoms with van der Waals surface area (Å²) < 4.78 is 10.8. The Labute approximate surface area is 157 Å². The van der Waals surface area contributed by atoms with E-state index < -0.39 is 0 Å². The van der Waals surface area contributed by atoms with Crippen molar-refractivity contribution < 1.29 is 13.7 Å². The monoisotopic (exact) mass is 378 g/mol. The van der Waals surface area contributed by atoms with E-state index in [1.54, 1.807) is 24.5 Å². The van der Waals surface area contributed by atoms with Crippen LogP contribution in [-0.2, 0) is 6.42 Å². The number of aryl methyl sites for hydroxylation is 1. The molecule has 0 saturated heterocycles. The summed E-state index contributed by atoms with van der Waals surface area (Å²) in [5.41, 5.74) is 2.15. The van der Waals surface area contributed by atoms with Gasteiger partial charge in [0.25, 0.3) is 11.6 Å². The largest absolute Gasteiger partial charge is 0.463 e. The number of carbonyl (C=O) groups is 1. The zero-order valence-electron chi connectivity index (χ0n) is 15.0. The van der Waals surface area contributed by atoms with Crippen LogP contribution in [0.25, 0.3) is 22.6 Å². The molecule has 0 saturated carbocycles. The molecule has 0 aliphatic heterocycles. The normalized spacial score (nSPS) is 12.0. The summed E-state index contributed by atoms with van der Waals surface area (Å²) in [5.74, 6) is 0.399. The number of likely N-dealkylation sites (N-methyl/N-ethyl adjacent to an activating group) is 1. The van der Waals surface area contributed by atoms with Crippen LogP contribution in [0.15, 0.2) is 33.4 Å². The first-order valence-electron chi connectivity index (χ1n) is 8.42. The van der Waals surface area contributed by atoms with Gasteiger partial charge in [-0.1, -0.05) is 18.5 Å². The van der Waals surface area contributed by atoms with Crippen molar-refractivity contribution in [3.8, 4) is 11.5 Å². The number of rotatable bonds is 7. The molecule has 0 bridgehead atoms. The van der Waals surface area contributed by atoms with Crippen LogP contribution in [0.5, 0.6) is 0 Å². The molecule has 3 aromatic rings. The number of amides is 1. The number of pyridine rings is 1. The summed E-state index contributed by atoms with van der Waals surface area (Å²) in [4.78, 5) is 17.2. The standard InChI is InChI=1S/C18H22N4O3.ClH/c1-4-6-13-16-12(17(23)20-10-11(2)19-3)9-14(15-7-5-8-24-15)21-18(16)25-22-13;/h5,7-9,11,19H,4,6,10H2,1-3H3,(H,20,23);1H. The fourth-order valence-corrected chi connectivity index (χ4v) is 2.59. The van der Waals surface area contributed by atoms with Crippen molar-refractivity contribution in [1.82, 2.24) is 20.8 Å². The third kappa shape index (κ3) is 4.05. The number of hydrogen-bond acceptors (Lipinski definition) is 6. The minimum atomic E-state index is -0.178. The molecule has 1 unspecified atom stereocenters. The summed E-state index contributed by atoms with van der Waals surface area (Å²) in [7, 11) is 1.86. The fourth-order valence-electron chi connectivity index (χ4n) is 2.59. The molecule has 0 fully saturated rings. The topological polar surface area (TPSA) is 93.2 Å². The first kappa shape index (κ1) is 19.9. The van der Waals surface area contributed by atoms with Gasteiger partial charge in [-0.25, -0.2) is 4.98 Å². The third-order valence-corrected chi connectivity index (χ3v) is 4.08. The van der Waals surface area contributed by atoms with Crippen molar-refractivity contribution in [2.24, 2.45) is 0 Å².